The van der Waals surface area contributed by atoms with Gasteiger partial charge in [-0.15, -0.1) is 0 Å². The second-order valence-electron chi connectivity index (χ2n) is 9.07. The number of hydrogen-bond acceptors (Lipinski definition) is 4. The van der Waals surface area contributed by atoms with Gasteiger partial charge in [-0.2, -0.15) is 13.2 Å². The monoisotopic (exact) mass is 533 g/mol. The molecule has 0 bridgehead atoms. The second-order valence-corrected chi connectivity index (χ2v) is 9.07. The van der Waals surface area contributed by atoms with Gasteiger partial charge in [-0.05, 0) is 73.7 Å². The lowest BCUT2D eigenvalue weighted by Crippen LogP contribution is -2.44. The predicted octanol–water partition coefficient (Wildman–Crippen LogP) is 5.88. The van der Waals surface area contributed by atoms with E-state index in [-0.39, 0.29) is 11.7 Å². The molecule has 4 rings (SSSR count). The van der Waals surface area contributed by atoms with Crippen LogP contribution in [-0.4, -0.2) is 53.5 Å². The molecule has 0 spiro atoms. The zero-order chi connectivity index (χ0) is 27.6. The summed E-state index contributed by atoms with van der Waals surface area (Å²) < 4.78 is 50.4. The molecule has 1 heterocycles. The average Bonchev–Trinajstić information content (AvgIpc) is 2.93. The van der Waals surface area contributed by atoms with E-state index >= 15 is 0 Å². The third-order valence-corrected chi connectivity index (χ3v) is 6.55. The molecule has 9 heteroatoms. The van der Waals surface area contributed by atoms with Crippen LogP contribution >= 0.6 is 0 Å². The minimum atomic E-state index is -5.08. The zero-order valence-electron chi connectivity index (χ0n) is 20.8. The Labute approximate surface area is 219 Å². The van der Waals surface area contributed by atoms with Gasteiger partial charge in [0.15, 0.2) is 0 Å². The van der Waals surface area contributed by atoms with E-state index in [0.29, 0.717) is 12.4 Å². The van der Waals surface area contributed by atoms with E-state index in [1.54, 1.807) is 12.1 Å². The van der Waals surface area contributed by atoms with Crippen LogP contribution in [0.5, 0.6) is 5.75 Å². The van der Waals surface area contributed by atoms with Gasteiger partial charge in [0.25, 0.3) is 0 Å². The first-order chi connectivity index (χ1) is 18.1. The minimum Gasteiger partial charge on any atom is -0.494 e. The summed E-state index contributed by atoms with van der Waals surface area (Å²) in [5.41, 5.74) is 0.958. The number of likely N-dealkylation sites (tertiary alicyclic amines) is 1. The SMILES string of the molecule is O=C(O)C(F)(F)F.OC(c1ccccc1)(c1ccccc1)C1CCN(CCCOc2ccc(F)cc2)CC1. The normalized spacial score (nSPS) is 14.9. The summed E-state index contributed by atoms with van der Waals surface area (Å²) >= 11 is 0. The number of carboxylic acid groups (broad SMARTS) is 1. The number of benzene rings is 3. The maximum Gasteiger partial charge on any atom is 0.490 e. The maximum absolute atomic E-state index is 13.0. The smallest absolute Gasteiger partial charge is 0.490 e. The topological polar surface area (TPSA) is 70.0 Å². The average molecular weight is 534 g/mol. The highest BCUT2D eigenvalue weighted by atomic mass is 19.4. The zero-order valence-corrected chi connectivity index (χ0v) is 20.8. The van der Waals surface area contributed by atoms with Crippen molar-refractivity contribution in [3.05, 3.63) is 102 Å². The Morgan fingerprint density at radius 2 is 1.34 bits per heavy atom. The standard InChI is InChI=1S/C27H30FNO2.C2HF3O2/c28-25-12-14-26(15-13-25)31-21-7-18-29-19-16-24(17-20-29)27(30,22-8-3-1-4-9-22)23-10-5-2-6-11-23;3-2(4,5)1(6)7/h1-6,8-15,24,30H,7,16-21H2;(H,6,7). The Morgan fingerprint density at radius 1 is 0.868 bits per heavy atom. The number of piperidine rings is 1. The van der Waals surface area contributed by atoms with E-state index in [1.165, 1.54) is 12.1 Å². The molecule has 5 nitrogen and oxygen atoms in total. The Morgan fingerprint density at radius 3 is 1.79 bits per heavy atom. The molecule has 0 aliphatic carbocycles. The van der Waals surface area contributed by atoms with E-state index < -0.39 is 17.7 Å². The Kier molecular flexibility index (Phi) is 10.3. The highest BCUT2D eigenvalue weighted by Crippen LogP contribution is 2.41. The van der Waals surface area contributed by atoms with Gasteiger partial charge in [0.2, 0.25) is 0 Å². The summed E-state index contributed by atoms with van der Waals surface area (Å²) in [5, 5.41) is 19.1. The molecule has 0 unspecified atom stereocenters. The van der Waals surface area contributed by atoms with Crippen molar-refractivity contribution in [1.29, 1.82) is 0 Å². The number of aliphatic carboxylic acids is 1. The van der Waals surface area contributed by atoms with Gasteiger partial charge < -0.3 is 19.8 Å². The summed E-state index contributed by atoms with van der Waals surface area (Å²) in [7, 11) is 0. The van der Waals surface area contributed by atoms with E-state index in [0.717, 1.165) is 50.0 Å². The number of rotatable bonds is 8. The first-order valence-corrected chi connectivity index (χ1v) is 12.3. The first-order valence-electron chi connectivity index (χ1n) is 12.3. The van der Waals surface area contributed by atoms with Crippen molar-refractivity contribution < 1.29 is 37.3 Å². The number of hydrogen-bond donors (Lipinski definition) is 2. The molecule has 2 N–H and O–H groups in total. The lowest BCUT2D eigenvalue weighted by molar-refractivity contribution is -0.192. The number of nitrogens with zero attached hydrogens (tertiary/aromatic N) is 1. The highest BCUT2D eigenvalue weighted by molar-refractivity contribution is 5.73. The number of aliphatic hydroxyl groups is 1. The molecule has 0 amide bonds. The van der Waals surface area contributed by atoms with Gasteiger partial charge in [0, 0.05) is 6.54 Å². The van der Waals surface area contributed by atoms with Crippen LogP contribution in [0.25, 0.3) is 0 Å². The fourth-order valence-electron chi connectivity index (χ4n) is 4.61. The van der Waals surface area contributed by atoms with Crippen LogP contribution in [0.15, 0.2) is 84.9 Å². The molecule has 1 aliphatic heterocycles. The molecule has 38 heavy (non-hydrogen) atoms. The summed E-state index contributed by atoms with van der Waals surface area (Å²) in [5.74, 6) is -2.13. The van der Waals surface area contributed by atoms with Crippen molar-refractivity contribution in [2.45, 2.75) is 31.0 Å². The molecule has 0 radical (unpaired) electrons. The number of halogens is 4. The summed E-state index contributed by atoms with van der Waals surface area (Å²) in [6.45, 7) is 3.50. The Hall–Kier alpha value is -3.43. The van der Waals surface area contributed by atoms with Gasteiger partial charge in [-0.3, -0.25) is 0 Å². The van der Waals surface area contributed by atoms with Crippen molar-refractivity contribution >= 4 is 5.97 Å². The van der Waals surface area contributed by atoms with Gasteiger partial charge in [-0.1, -0.05) is 60.7 Å². The number of carbonyl (C=O) groups is 1. The van der Waals surface area contributed by atoms with Crippen LogP contribution in [0.2, 0.25) is 0 Å². The van der Waals surface area contributed by atoms with E-state index in [4.69, 9.17) is 14.6 Å². The summed E-state index contributed by atoms with van der Waals surface area (Å²) in [4.78, 5) is 11.3. The fraction of sp³-hybridized carbons (Fsp3) is 0.345. The van der Waals surface area contributed by atoms with Crippen LogP contribution < -0.4 is 4.74 Å². The van der Waals surface area contributed by atoms with Crippen LogP contribution in [0.3, 0.4) is 0 Å². The van der Waals surface area contributed by atoms with Crippen molar-refractivity contribution in [2.75, 3.05) is 26.2 Å². The van der Waals surface area contributed by atoms with Gasteiger partial charge in [0.05, 0.1) is 6.61 Å². The molecule has 1 fully saturated rings. The third kappa shape index (κ3) is 8.03. The number of alkyl halides is 3. The maximum atomic E-state index is 13.0. The van der Waals surface area contributed by atoms with Crippen LogP contribution in [0, 0.1) is 11.7 Å². The van der Waals surface area contributed by atoms with Crippen LogP contribution in [0.1, 0.15) is 30.4 Å². The van der Waals surface area contributed by atoms with E-state index in [2.05, 4.69) is 4.90 Å². The van der Waals surface area contributed by atoms with Crippen molar-refractivity contribution in [2.24, 2.45) is 5.92 Å². The molecule has 0 aromatic heterocycles. The first kappa shape index (κ1) is 29.1. The fourth-order valence-corrected chi connectivity index (χ4v) is 4.61. The summed E-state index contributed by atoms with van der Waals surface area (Å²) in [6, 6.07) is 26.3. The van der Waals surface area contributed by atoms with Gasteiger partial charge in [0.1, 0.15) is 17.2 Å². The summed E-state index contributed by atoms with van der Waals surface area (Å²) in [6.07, 6.45) is -2.28. The van der Waals surface area contributed by atoms with Gasteiger partial charge in [-0.25, -0.2) is 9.18 Å². The Balaban J connectivity index is 0.000000505. The molecule has 3 aromatic rings. The second kappa shape index (κ2) is 13.4. The van der Waals surface area contributed by atoms with Crippen molar-refractivity contribution in [3.8, 4) is 5.75 Å². The number of carboxylic acids is 1. The van der Waals surface area contributed by atoms with Crippen molar-refractivity contribution in [3.63, 3.8) is 0 Å². The highest BCUT2D eigenvalue weighted by Gasteiger charge is 2.41. The molecule has 0 atom stereocenters. The van der Waals surface area contributed by atoms with E-state index in [1.807, 2.05) is 60.7 Å². The lowest BCUT2D eigenvalue weighted by Gasteiger charge is -2.42. The van der Waals surface area contributed by atoms with Gasteiger partial charge >= 0.3 is 12.1 Å². The molecular weight excluding hydrogens is 502 g/mol. The number of ether oxygens (including phenoxy) is 1. The predicted molar refractivity (Wildman–Crippen MR) is 135 cm³/mol. The molecule has 0 saturated carbocycles. The molecule has 1 saturated heterocycles. The van der Waals surface area contributed by atoms with Crippen molar-refractivity contribution in [1.82, 2.24) is 4.90 Å². The minimum absolute atomic E-state index is 0.170. The van der Waals surface area contributed by atoms with E-state index in [9.17, 15) is 22.7 Å². The molecule has 204 valence electrons. The molecule has 3 aromatic carbocycles. The molecule has 1 aliphatic rings. The quantitative estimate of drug-likeness (QED) is 0.280. The third-order valence-electron chi connectivity index (χ3n) is 6.55. The van der Waals surface area contributed by atoms with Crippen LogP contribution in [-0.2, 0) is 10.4 Å². The Bertz CT molecular complexity index is 1080. The van der Waals surface area contributed by atoms with Crippen LogP contribution in [0.4, 0.5) is 17.6 Å². The lowest BCUT2D eigenvalue weighted by atomic mass is 9.72. The molecular formula is C29H31F4NO4. The largest absolute Gasteiger partial charge is 0.494 e.